The molecule has 138 valence electrons. The summed E-state index contributed by atoms with van der Waals surface area (Å²) in [6.45, 7) is 0.929. The first-order chi connectivity index (χ1) is 12.7. The second kappa shape index (κ2) is 7.29. The smallest absolute Gasteiger partial charge is 0.133 e. The number of likely N-dealkylation sites (tertiary alicyclic amines) is 1. The number of piperidine rings is 1. The number of hydrogen-bond donors (Lipinski definition) is 1. The molecule has 4 nitrogen and oxygen atoms in total. The quantitative estimate of drug-likeness (QED) is 0.905. The van der Waals surface area contributed by atoms with E-state index in [9.17, 15) is 5.11 Å². The minimum Gasteiger partial charge on any atom is -0.496 e. The highest BCUT2D eigenvalue weighted by Gasteiger charge is 2.41. The Morgan fingerprint density at radius 1 is 1.00 bits per heavy atom. The van der Waals surface area contributed by atoms with Crippen LogP contribution in [0.1, 0.15) is 48.1 Å². The van der Waals surface area contributed by atoms with Gasteiger partial charge in [-0.2, -0.15) is 0 Å². The lowest BCUT2D eigenvalue weighted by atomic mass is 9.73. The van der Waals surface area contributed by atoms with E-state index in [4.69, 9.17) is 9.47 Å². The van der Waals surface area contributed by atoms with Crippen LogP contribution in [0.25, 0.3) is 0 Å². The molecule has 1 aliphatic heterocycles. The van der Waals surface area contributed by atoms with Crippen molar-refractivity contribution >= 4 is 0 Å². The molecule has 26 heavy (non-hydrogen) atoms. The predicted molar refractivity (Wildman–Crippen MR) is 102 cm³/mol. The summed E-state index contributed by atoms with van der Waals surface area (Å²) in [6.07, 6.45) is 3.63. The highest BCUT2D eigenvalue weighted by Crippen LogP contribution is 2.48. The third kappa shape index (κ3) is 2.87. The number of ether oxygens (including phenoxy) is 2. The molecule has 0 bridgehead atoms. The van der Waals surface area contributed by atoms with E-state index in [1.54, 1.807) is 14.2 Å². The third-order valence-electron chi connectivity index (χ3n) is 6.01. The average molecular weight is 353 g/mol. The molecule has 4 heteroatoms. The SMILES string of the molecule is COc1ccc(OC)c2c1CCC1C2CCCN1C(O)c1ccccc1. The fraction of sp³-hybridized carbons (Fsp3) is 0.455. The standard InChI is InChI=1S/C22H27NO3/c1-25-19-12-13-20(26-2)21-16-9-6-14-23(18(16)11-10-17(19)21)22(24)15-7-4-3-5-8-15/h3-5,7-8,12-13,16,18,22,24H,6,9-11,14H2,1-2H3. The highest BCUT2D eigenvalue weighted by atomic mass is 16.5. The van der Waals surface area contributed by atoms with Gasteiger partial charge in [-0.1, -0.05) is 30.3 Å². The Kier molecular flexibility index (Phi) is 4.88. The fourth-order valence-corrected chi connectivity index (χ4v) is 4.86. The van der Waals surface area contributed by atoms with Gasteiger partial charge in [0.05, 0.1) is 14.2 Å². The summed E-state index contributed by atoms with van der Waals surface area (Å²) >= 11 is 0. The van der Waals surface area contributed by atoms with Crippen molar-refractivity contribution in [3.8, 4) is 11.5 Å². The van der Waals surface area contributed by atoms with Crippen molar-refractivity contribution in [2.24, 2.45) is 0 Å². The molecule has 2 aromatic carbocycles. The lowest BCUT2D eigenvalue weighted by Crippen LogP contribution is -2.48. The van der Waals surface area contributed by atoms with Gasteiger partial charge >= 0.3 is 0 Å². The Balaban J connectivity index is 1.70. The van der Waals surface area contributed by atoms with Gasteiger partial charge in [-0.15, -0.1) is 0 Å². The van der Waals surface area contributed by atoms with Crippen molar-refractivity contribution in [3.63, 3.8) is 0 Å². The Morgan fingerprint density at radius 3 is 2.46 bits per heavy atom. The number of aliphatic hydroxyl groups is 1. The second-order valence-corrected chi connectivity index (χ2v) is 7.24. The molecule has 2 aliphatic rings. The van der Waals surface area contributed by atoms with E-state index in [-0.39, 0.29) is 0 Å². The molecule has 0 amide bonds. The van der Waals surface area contributed by atoms with Crippen molar-refractivity contribution in [2.45, 2.75) is 43.9 Å². The number of aliphatic hydroxyl groups excluding tert-OH is 1. The topological polar surface area (TPSA) is 41.9 Å². The number of rotatable bonds is 4. The largest absolute Gasteiger partial charge is 0.496 e. The van der Waals surface area contributed by atoms with Crippen LogP contribution < -0.4 is 9.47 Å². The fourth-order valence-electron chi connectivity index (χ4n) is 4.86. The maximum absolute atomic E-state index is 11.0. The van der Waals surface area contributed by atoms with E-state index in [1.807, 2.05) is 42.5 Å². The van der Waals surface area contributed by atoms with E-state index in [0.29, 0.717) is 12.0 Å². The van der Waals surface area contributed by atoms with Crippen LogP contribution in [0, 0.1) is 0 Å². The number of methoxy groups -OCH3 is 2. The Labute approximate surface area is 155 Å². The zero-order valence-electron chi connectivity index (χ0n) is 15.5. The van der Waals surface area contributed by atoms with Crippen molar-refractivity contribution in [3.05, 3.63) is 59.2 Å². The minimum atomic E-state index is -0.554. The van der Waals surface area contributed by atoms with Crippen LogP contribution in [0.2, 0.25) is 0 Å². The van der Waals surface area contributed by atoms with Crippen LogP contribution in [0.4, 0.5) is 0 Å². The molecule has 1 saturated heterocycles. The summed E-state index contributed by atoms with van der Waals surface area (Å²) in [7, 11) is 3.48. The summed E-state index contributed by atoms with van der Waals surface area (Å²) in [5, 5.41) is 11.0. The van der Waals surface area contributed by atoms with Crippen molar-refractivity contribution in [1.29, 1.82) is 0 Å². The molecule has 4 rings (SSSR count). The molecule has 1 aliphatic carbocycles. The van der Waals surface area contributed by atoms with E-state index >= 15 is 0 Å². The van der Waals surface area contributed by atoms with E-state index in [0.717, 1.165) is 49.3 Å². The molecule has 2 aromatic rings. The summed E-state index contributed by atoms with van der Waals surface area (Å²) in [4.78, 5) is 2.28. The van der Waals surface area contributed by atoms with E-state index < -0.39 is 6.23 Å². The van der Waals surface area contributed by atoms with Crippen molar-refractivity contribution < 1.29 is 14.6 Å². The molecule has 1 N–H and O–H groups in total. The number of benzene rings is 2. The Morgan fingerprint density at radius 2 is 1.73 bits per heavy atom. The molecule has 0 radical (unpaired) electrons. The average Bonchev–Trinajstić information content (AvgIpc) is 2.72. The number of fused-ring (bicyclic) bond motifs is 3. The van der Waals surface area contributed by atoms with Gasteiger partial charge in [0.15, 0.2) is 0 Å². The first kappa shape index (κ1) is 17.4. The van der Waals surface area contributed by atoms with Crippen LogP contribution >= 0.6 is 0 Å². The molecule has 0 spiro atoms. The molecular formula is C22H27NO3. The third-order valence-corrected chi connectivity index (χ3v) is 6.01. The molecule has 0 aromatic heterocycles. The maximum Gasteiger partial charge on any atom is 0.133 e. The molecule has 0 saturated carbocycles. The summed E-state index contributed by atoms with van der Waals surface area (Å²) < 4.78 is 11.3. The predicted octanol–water partition coefficient (Wildman–Crippen LogP) is 3.89. The highest BCUT2D eigenvalue weighted by molar-refractivity contribution is 5.53. The van der Waals surface area contributed by atoms with Crippen molar-refractivity contribution in [2.75, 3.05) is 20.8 Å². The van der Waals surface area contributed by atoms with Gasteiger partial charge in [0.25, 0.3) is 0 Å². The summed E-state index contributed by atoms with van der Waals surface area (Å²) in [6, 6.07) is 14.3. The first-order valence-corrected chi connectivity index (χ1v) is 9.47. The van der Waals surface area contributed by atoms with E-state index in [1.165, 1.54) is 11.1 Å². The zero-order valence-corrected chi connectivity index (χ0v) is 15.5. The van der Waals surface area contributed by atoms with Gasteiger partial charge in [-0.05, 0) is 43.4 Å². The first-order valence-electron chi connectivity index (χ1n) is 9.47. The van der Waals surface area contributed by atoms with Crippen LogP contribution in [-0.4, -0.2) is 36.8 Å². The lowest BCUT2D eigenvalue weighted by Gasteiger charge is -2.47. The van der Waals surface area contributed by atoms with Crippen LogP contribution in [0.5, 0.6) is 11.5 Å². The number of hydrogen-bond acceptors (Lipinski definition) is 4. The van der Waals surface area contributed by atoms with E-state index in [2.05, 4.69) is 4.90 Å². The van der Waals surface area contributed by atoms with Gasteiger partial charge in [0.2, 0.25) is 0 Å². The van der Waals surface area contributed by atoms with Gasteiger partial charge in [0.1, 0.15) is 17.7 Å². The van der Waals surface area contributed by atoms with Gasteiger partial charge < -0.3 is 14.6 Å². The minimum absolute atomic E-state index is 0.326. The Hall–Kier alpha value is -2.04. The maximum atomic E-state index is 11.0. The molecule has 3 atom stereocenters. The molecule has 1 heterocycles. The summed E-state index contributed by atoms with van der Waals surface area (Å²) in [5.74, 6) is 2.28. The Bertz CT molecular complexity index is 761. The molecule has 1 fully saturated rings. The normalized spacial score (nSPS) is 23.7. The van der Waals surface area contributed by atoms with Crippen LogP contribution in [0.3, 0.4) is 0 Å². The zero-order chi connectivity index (χ0) is 18.1. The van der Waals surface area contributed by atoms with Gasteiger partial charge in [0, 0.05) is 29.6 Å². The van der Waals surface area contributed by atoms with Gasteiger partial charge in [-0.3, -0.25) is 4.90 Å². The molecular weight excluding hydrogens is 326 g/mol. The van der Waals surface area contributed by atoms with Gasteiger partial charge in [-0.25, -0.2) is 0 Å². The van der Waals surface area contributed by atoms with Crippen molar-refractivity contribution in [1.82, 2.24) is 4.90 Å². The van der Waals surface area contributed by atoms with Crippen LogP contribution in [-0.2, 0) is 6.42 Å². The van der Waals surface area contributed by atoms with Crippen LogP contribution in [0.15, 0.2) is 42.5 Å². The number of nitrogens with zero attached hydrogens (tertiary/aromatic N) is 1. The monoisotopic (exact) mass is 353 g/mol. The lowest BCUT2D eigenvalue weighted by molar-refractivity contribution is -0.0549. The molecule has 3 unspecified atom stereocenters. The second-order valence-electron chi connectivity index (χ2n) is 7.24. The summed E-state index contributed by atoms with van der Waals surface area (Å²) in [5.41, 5.74) is 3.54.